The molecule has 0 spiro atoms. The fraction of sp³-hybridized carbons (Fsp3) is 0.733. The molecule has 2 rings (SSSR count). The van der Waals surface area contributed by atoms with E-state index < -0.39 is 0 Å². The fourth-order valence-electron chi connectivity index (χ4n) is 2.54. The molecule has 0 bridgehead atoms. The van der Waals surface area contributed by atoms with Gasteiger partial charge < -0.3 is 10.6 Å². The Labute approximate surface area is 116 Å². The van der Waals surface area contributed by atoms with Gasteiger partial charge in [0.2, 0.25) is 0 Å². The molecule has 1 aromatic heterocycles. The van der Waals surface area contributed by atoms with Crippen molar-refractivity contribution < 1.29 is 0 Å². The van der Waals surface area contributed by atoms with E-state index >= 15 is 0 Å². The van der Waals surface area contributed by atoms with Crippen molar-refractivity contribution in [2.75, 3.05) is 23.7 Å². The van der Waals surface area contributed by atoms with E-state index in [0.717, 1.165) is 24.7 Å². The van der Waals surface area contributed by atoms with Crippen LogP contribution >= 0.6 is 0 Å². The summed E-state index contributed by atoms with van der Waals surface area (Å²) in [5, 5.41) is 0. The van der Waals surface area contributed by atoms with Crippen molar-refractivity contribution in [1.29, 1.82) is 0 Å². The maximum Gasteiger partial charge on any atom is 0.135 e. The van der Waals surface area contributed by atoms with Gasteiger partial charge in [0.05, 0.1) is 0 Å². The van der Waals surface area contributed by atoms with E-state index in [2.05, 4.69) is 42.6 Å². The summed E-state index contributed by atoms with van der Waals surface area (Å²) in [5.74, 6) is 2.73. The van der Waals surface area contributed by atoms with Gasteiger partial charge in [-0.2, -0.15) is 0 Å². The number of nitrogens with two attached hydrogens (primary N) is 1. The minimum absolute atomic E-state index is 0.311. The van der Waals surface area contributed by atoms with Crippen molar-refractivity contribution in [1.82, 2.24) is 9.97 Å². The van der Waals surface area contributed by atoms with Gasteiger partial charge in [0.15, 0.2) is 0 Å². The Morgan fingerprint density at radius 3 is 2.63 bits per heavy atom. The predicted molar refractivity (Wildman–Crippen MR) is 80.4 cm³/mol. The largest absolute Gasteiger partial charge is 0.384 e. The van der Waals surface area contributed by atoms with Crippen LogP contribution in [0, 0.1) is 5.41 Å². The van der Waals surface area contributed by atoms with Gasteiger partial charge in [-0.1, -0.05) is 27.7 Å². The molecule has 0 atom stereocenters. The molecule has 0 amide bonds. The number of anilines is 2. The molecule has 1 fully saturated rings. The third-order valence-corrected chi connectivity index (χ3v) is 3.93. The third-order valence-electron chi connectivity index (χ3n) is 3.93. The highest BCUT2D eigenvalue weighted by molar-refractivity contribution is 5.47. The average molecular weight is 262 g/mol. The highest BCUT2D eigenvalue weighted by Crippen LogP contribution is 2.31. The van der Waals surface area contributed by atoms with Gasteiger partial charge in [0, 0.05) is 25.1 Å². The lowest BCUT2D eigenvalue weighted by Crippen LogP contribution is -2.26. The molecular weight excluding hydrogens is 236 g/mol. The second-order valence-electron chi connectivity index (χ2n) is 6.67. The predicted octanol–water partition coefficient (Wildman–Crippen LogP) is 3.20. The molecule has 0 aliphatic carbocycles. The molecule has 19 heavy (non-hydrogen) atoms. The number of hydrogen-bond donors (Lipinski definition) is 1. The first-order valence-electron chi connectivity index (χ1n) is 7.27. The van der Waals surface area contributed by atoms with E-state index in [1.807, 2.05) is 6.07 Å². The van der Waals surface area contributed by atoms with Gasteiger partial charge >= 0.3 is 0 Å². The number of rotatable bonds is 2. The summed E-state index contributed by atoms with van der Waals surface area (Å²) in [6, 6.07) is 1.91. The van der Waals surface area contributed by atoms with Crippen LogP contribution in [-0.4, -0.2) is 23.1 Å². The summed E-state index contributed by atoms with van der Waals surface area (Å²) < 4.78 is 0. The summed E-state index contributed by atoms with van der Waals surface area (Å²) in [4.78, 5) is 11.4. The molecule has 0 saturated carbocycles. The Bertz CT molecular complexity index is 440. The van der Waals surface area contributed by atoms with E-state index in [-0.39, 0.29) is 0 Å². The first-order valence-corrected chi connectivity index (χ1v) is 7.27. The van der Waals surface area contributed by atoms with Crippen molar-refractivity contribution in [3.8, 4) is 0 Å². The molecular formula is C15H26N4. The lowest BCUT2D eigenvalue weighted by molar-refractivity contribution is 0.325. The highest BCUT2D eigenvalue weighted by Gasteiger charge is 2.24. The molecule has 2 heterocycles. The third kappa shape index (κ3) is 3.58. The van der Waals surface area contributed by atoms with E-state index in [1.165, 1.54) is 19.3 Å². The molecule has 1 aromatic rings. The lowest BCUT2D eigenvalue weighted by atomic mass is 9.85. The van der Waals surface area contributed by atoms with Crippen LogP contribution in [0.5, 0.6) is 0 Å². The van der Waals surface area contributed by atoms with Crippen LogP contribution in [0.4, 0.5) is 11.6 Å². The Morgan fingerprint density at radius 1 is 1.21 bits per heavy atom. The molecule has 2 N–H and O–H groups in total. The smallest absolute Gasteiger partial charge is 0.135 e. The summed E-state index contributed by atoms with van der Waals surface area (Å²) in [7, 11) is 0. The van der Waals surface area contributed by atoms with Gasteiger partial charge in [-0.25, -0.2) is 9.97 Å². The average Bonchev–Trinajstić information content (AvgIpc) is 2.49. The number of nitrogen functional groups attached to an aromatic ring is 1. The van der Waals surface area contributed by atoms with Crippen LogP contribution in [0.15, 0.2) is 6.07 Å². The zero-order valence-corrected chi connectivity index (χ0v) is 12.6. The first-order chi connectivity index (χ1) is 8.87. The summed E-state index contributed by atoms with van der Waals surface area (Å²) in [5.41, 5.74) is 6.36. The molecule has 1 aliphatic rings. The van der Waals surface area contributed by atoms with E-state index in [0.29, 0.717) is 17.2 Å². The summed E-state index contributed by atoms with van der Waals surface area (Å²) >= 11 is 0. The van der Waals surface area contributed by atoms with Crippen LogP contribution in [0.2, 0.25) is 0 Å². The molecule has 0 aromatic carbocycles. The van der Waals surface area contributed by atoms with Crippen molar-refractivity contribution in [2.45, 2.75) is 52.9 Å². The van der Waals surface area contributed by atoms with Crippen LogP contribution in [-0.2, 0) is 0 Å². The Morgan fingerprint density at radius 2 is 1.95 bits per heavy atom. The second-order valence-corrected chi connectivity index (χ2v) is 6.67. The maximum atomic E-state index is 5.92. The quantitative estimate of drug-likeness (QED) is 0.889. The van der Waals surface area contributed by atoms with Gasteiger partial charge in [-0.05, 0) is 24.7 Å². The lowest BCUT2D eigenvalue weighted by Gasteiger charge is -2.24. The SMILES string of the molecule is CC(C)c1nc(N)cc(N2CCCC(C)(C)CC2)n1. The minimum atomic E-state index is 0.311. The van der Waals surface area contributed by atoms with Crippen LogP contribution < -0.4 is 10.6 Å². The van der Waals surface area contributed by atoms with E-state index in [1.54, 1.807) is 0 Å². The summed E-state index contributed by atoms with van der Waals surface area (Å²) in [6.07, 6.45) is 3.70. The molecule has 1 saturated heterocycles. The van der Waals surface area contributed by atoms with Crippen LogP contribution in [0.1, 0.15) is 58.7 Å². The maximum absolute atomic E-state index is 5.92. The van der Waals surface area contributed by atoms with Crippen molar-refractivity contribution >= 4 is 11.6 Å². The highest BCUT2D eigenvalue weighted by atomic mass is 15.2. The molecule has 4 nitrogen and oxygen atoms in total. The van der Waals surface area contributed by atoms with Crippen LogP contribution in [0.3, 0.4) is 0 Å². The second kappa shape index (κ2) is 5.35. The molecule has 0 unspecified atom stereocenters. The number of aromatic nitrogens is 2. The van der Waals surface area contributed by atoms with Gasteiger partial charge in [-0.3, -0.25) is 0 Å². The van der Waals surface area contributed by atoms with Crippen molar-refractivity contribution in [3.63, 3.8) is 0 Å². The minimum Gasteiger partial charge on any atom is -0.384 e. The molecule has 0 radical (unpaired) electrons. The van der Waals surface area contributed by atoms with Crippen molar-refractivity contribution in [3.05, 3.63) is 11.9 Å². The molecule has 1 aliphatic heterocycles. The van der Waals surface area contributed by atoms with Crippen LogP contribution in [0.25, 0.3) is 0 Å². The Kier molecular flexibility index (Phi) is 3.97. The fourth-order valence-corrected chi connectivity index (χ4v) is 2.54. The topological polar surface area (TPSA) is 55.0 Å². The molecule has 4 heteroatoms. The van der Waals surface area contributed by atoms with Gasteiger partial charge in [0.25, 0.3) is 0 Å². The normalized spacial score (nSPS) is 19.5. The van der Waals surface area contributed by atoms with Crippen molar-refractivity contribution in [2.24, 2.45) is 5.41 Å². The first kappa shape index (κ1) is 14.1. The Hall–Kier alpha value is -1.32. The number of hydrogen-bond acceptors (Lipinski definition) is 4. The molecule has 106 valence electrons. The summed E-state index contributed by atoms with van der Waals surface area (Å²) in [6.45, 7) is 11.0. The van der Waals surface area contributed by atoms with E-state index in [4.69, 9.17) is 5.73 Å². The zero-order chi connectivity index (χ0) is 14.0. The van der Waals surface area contributed by atoms with E-state index in [9.17, 15) is 0 Å². The van der Waals surface area contributed by atoms with Gasteiger partial charge in [-0.15, -0.1) is 0 Å². The Balaban J connectivity index is 2.21. The standard InChI is InChI=1S/C15H26N4/c1-11(2)14-17-12(16)10-13(18-14)19-8-5-6-15(3,4)7-9-19/h10-11H,5-9H2,1-4H3,(H2,16,17,18). The number of nitrogens with zero attached hydrogens (tertiary/aromatic N) is 3. The monoisotopic (exact) mass is 262 g/mol. The van der Waals surface area contributed by atoms with Gasteiger partial charge in [0.1, 0.15) is 17.5 Å². The zero-order valence-electron chi connectivity index (χ0n) is 12.6.